The van der Waals surface area contributed by atoms with Gasteiger partial charge in [-0.2, -0.15) is 8.42 Å². The van der Waals surface area contributed by atoms with Gasteiger partial charge in [0.1, 0.15) is 26.9 Å². The maximum atomic E-state index is 13.7. The number of carbonyl (C=O) groups is 4. The van der Waals surface area contributed by atoms with Gasteiger partial charge in [-0.1, -0.05) is 116 Å². The minimum absolute atomic E-state index is 0.0900. The summed E-state index contributed by atoms with van der Waals surface area (Å²) in [7, 11) is -9.64. The summed E-state index contributed by atoms with van der Waals surface area (Å²) in [5, 5.41) is 1.23. The Morgan fingerprint density at radius 2 is 0.913 bits per heavy atom. The molecule has 4 aliphatic rings. The number of imide groups is 2. The molecule has 4 heterocycles. The quantitative estimate of drug-likeness (QED) is 0.0185. The summed E-state index contributed by atoms with van der Waals surface area (Å²) < 4.78 is 90.1. The summed E-state index contributed by atoms with van der Waals surface area (Å²) >= 11 is 0. The third-order valence-corrected chi connectivity index (χ3v) is 22.2. The third kappa shape index (κ3) is 13.2. The van der Waals surface area contributed by atoms with E-state index >= 15 is 0 Å². The molecule has 14 rings (SSSR count). The standard InChI is InChI=1S/C84H78N6O12S2/c1-7-85(57-35-39-65-71(49-57)101-73-51-59(37-41-67(73)77(65)69-31-15-17-33-75(69)103(95,96)97)87(79-53(3)23-21-24-54(79)4)45-47-89-81(91)61-27-11-12-28-62(61)82(89)92)43-19-9-10-20-44-86(8-2)58-36-40-66-72(50-58)102-74-52-60(38-42-68(74)78(66)70-32-16-18-34-76(70)104(98,99)100)88(80-55(5)25-22-26-56(80)6)46-48-90-83(93)63-29-13-14-30-64(63)84(90)94/h11-18,21-42,49-52,73H,7-10,19-20,43-48H2,1-6H3,(H-,95,96,97,98,99,100). The number of allylic oxidation sites excluding steroid dienone is 1. The fourth-order valence-electron chi connectivity index (χ4n) is 15.4. The van der Waals surface area contributed by atoms with Crippen molar-refractivity contribution in [3.63, 3.8) is 0 Å². The van der Waals surface area contributed by atoms with Gasteiger partial charge in [-0.25, -0.2) is 12.8 Å². The molecule has 1 aromatic heterocycles. The molecule has 3 aliphatic heterocycles. The fourth-order valence-corrected chi connectivity index (χ4v) is 16.8. The number of anilines is 5. The first-order valence-electron chi connectivity index (χ1n) is 35.1. The average molecular weight is 1430 g/mol. The van der Waals surface area contributed by atoms with Crippen molar-refractivity contribution in [1.29, 1.82) is 0 Å². The van der Waals surface area contributed by atoms with Crippen molar-refractivity contribution in [2.45, 2.75) is 83.1 Å². The number of hydrogen-bond donors (Lipinski definition) is 1. The first-order chi connectivity index (χ1) is 50.1. The van der Waals surface area contributed by atoms with E-state index in [-0.39, 0.29) is 65.2 Å². The van der Waals surface area contributed by atoms with Gasteiger partial charge in [-0.3, -0.25) is 33.5 Å². The van der Waals surface area contributed by atoms with Crippen LogP contribution in [0.1, 0.15) is 114 Å². The number of carbonyl (C=O) groups excluding carboxylic acids is 4. The summed E-state index contributed by atoms with van der Waals surface area (Å²) in [5.74, 6) is -0.901. The van der Waals surface area contributed by atoms with Crippen molar-refractivity contribution in [2.75, 3.05) is 72.0 Å². The highest BCUT2D eigenvalue weighted by Crippen LogP contribution is 2.48. The van der Waals surface area contributed by atoms with Gasteiger partial charge in [0.25, 0.3) is 33.7 Å². The summed E-state index contributed by atoms with van der Waals surface area (Å²) in [5.41, 5.74) is 14.3. The highest BCUT2D eigenvalue weighted by atomic mass is 32.2. The highest BCUT2D eigenvalue weighted by molar-refractivity contribution is 7.86. The van der Waals surface area contributed by atoms with Crippen LogP contribution in [0.5, 0.6) is 5.75 Å². The number of ether oxygens (including phenoxy) is 1. The molecule has 0 bridgehead atoms. The van der Waals surface area contributed by atoms with E-state index < -0.39 is 26.3 Å². The molecule has 20 heteroatoms. The zero-order valence-electron chi connectivity index (χ0n) is 58.6. The number of hydrogen-bond acceptors (Lipinski definition) is 14. The first kappa shape index (κ1) is 70.0. The molecule has 10 aromatic rings. The fraction of sp³-hybridized carbons (Fsp3) is 0.226. The molecular weight excluding hydrogens is 1350 g/mol. The van der Waals surface area contributed by atoms with Crippen LogP contribution in [0, 0.1) is 27.7 Å². The van der Waals surface area contributed by atoms with E-state index in [0.717, 1.165) is 89.5 Å². The molecule has 1 atom stereocenters. The Hall–Kier alpha value is -11.0. The van der Waals surface area contributed by atoms with E-state index in [0.29, 0.717) is 96.6 Å². The number of benzene rings is 9. The molecule has 104 heavy (non-hydrogen) atoms. The maximum Gasteiger partial charge on any atom is 0.363 e. The van der Waals surface area contributed by atoms with E-state index in [4.69, 9.17) is 9.15 Å². The Kier molecular flexibility index (Phi) is 19.3. The normalized spacial score (nSPS) is 14.8. The van der Waals surface area contributed by atoms with Crippen LogP contribution in [0.3, 0.4) is 0 Å². The van der Waals surface area contributed by atoms with E-state index in [1.807, 2.05) is 137 Å². The molecule has 0 saturated carbocycles. The van der Waals surface area contributed by atoms with Crippen LogP contribution in [0.25, 0.3) is 38.6 Å². The van der Waals surface area contributed by atoms with Gasteiger partial charge in [0, 0.05) is 120 Å². The lowest BCUT2D eigenvalue weighted by molar-refractivity contribution is 0.0643. The average Bonchev–Trinajstić information content (AvgIpc) is 0.756. The van der Waals surface area contributed by atoms with Crippen molar-refractivity contribution in [2.24, 2.45) is 0 Å². The van der Waals surface area contributed by atoms with Crippen LogP contribution in [0.2, 0.25) is 0 Å². The van der Waals surface area contributed by atoms with Crippen molar-refractivity contribution in [3.8, 4) is 16.9 Å². The summed E-state index contributed by atoms with van der Waals surface area (Å²) in [6.07, 6.45) is 8.65. The second-order valence-corrected chi connectivity index (χ2v) is 29.4. The summed E-state index contributed by atoms with van der Waals surface area (Å²) in [4.78, 5) is 65.4. The van der Waals surface area contributed by atoms with Gasteiger partial charge >= 0.3 is 11.2 Å². The van der Waals surface area contributed by atoms with Gasteiger partial charge < -0.3 is 28.9 Å². The number of rotatable bonds is 25. The number of para-hydroxylation sites is 2. The predicted molar refractivity (Wildman–Crippen MR) is 406 cm³/mol. The van der Waals surface area contributed by atoms with Gasteiger partial charge in [0.2, 0.25) is 0 Å². The maximum absolute atomic E-state index is 13.7. The van der Waals surface area contributed by atoms with Crippen LogP contribution in [-0.4, -0.2) is 118 Å². The van der Waals surface area contributed by atoms with E-state index in [9.17, 15) is 45.1 Å². The summed E-state index contributed by atoms with van der Waals surface area (Å²) in [6, 6.07) is 55.9. The van der Waals surface area contributed by atoms with E-state index in [1.54, 1.807) is 78.9 Å². The lowest BCUT2D eigenvalue weighted by atomic mass is 9.85. The van der Waals surface area contributed by atoms with Crippen LogP contribution < -0.4 is 24.3 Å². The third-order valence-electron chi connectivity index (χ3n) is 20.4. The lowest BCUT2D eigenvalue weighted by Crippen LogP contribution is -2.39. The highest BCUT2D eigenvalue weighted by Gasteiger charge is 2.39. The molecular formula is C84H78N6O12S2. The molecule has 1 aliphatic carbocycles. The van der Waals surface area contributed by atoms with Crippen LogP contribution in [0.4, 0.5) is 28.4 Å². The Morgan fingerprint density at radius 3 is 1.42 bits per heavy atom. The minimum atomic E-state index is -4.94. The van der Waals surface area contributed by atoms with Crippen LogP contribution in [0.15, 0.2) is 232 Å². The van der Waals surface area contributed by atoms with E-state index in [1.165, 1.54) is 28.0 Å². The molecule has 18 nitrogen and oxygen atoms in total. The topological polar surface area (TPSA) is 220 Å². The van der Waals surface area contributed by atoms with Crippen molar-refractivity contribution in [3.05, 3.63) is 273 Å². The first-order valence-corrected chi connectivity index (χ1v) is 38.0. The monoisotopic (exact) mass is 1430 g/mol. The molecule has 9 aromatic carbocycles. The van der Waals surface area contributed by atoms with Crippen molar-refractivity contribution >= 4 is 99.8 Å². The molecule has 0 radical (unpaired) electrons. The Bertz CT molecular complexity index is 5400. The smallest absolute Gasteiger partial charge is 0.363 e. The molecule has 0 fully saturated rings. The Labute approximate surface area is 605 Å². The summed E-state index contributed by atoms with van der Waals surface area (Å²) in [6.45, 7) is 15.8. The number of nitrogens with zero attached hydrogens (tertiary/aromatic N) is 6. The molecule has 1 N–H and O–H groups in total. The zero-order valence-corrected chi connectivity index (χ0v) is 60.3. The molecule has 0 spiro atoms. The van der Waals surface area contributed by atoms with Crippen molar-refractivity contribution in [1.82, 2.24) is 9.80 Å². The van der Waals surface area contributed by atoms with Gasteiger partial charge in [0.15, 0.2) is 0 Å². The molecule has 528 valence electrons. The second kappa shape index (κ2) is 28.7. The predicted octanol–water partition coefficient (Wildman–Crippen LogP) is 16.1. The number of unbranched alkanes of at least 4 members (excludes halogenated alkanes) is 3. The second-order valence-electron chi connectivity index (χ2n) is 26.7. The largest absolute Gasteiger partial charge is 0.744 e. The van der Waals surface area contributed by atoms with Crippen LogP contribution >= 0.6 is 0 Å². The van der Waals surface area contributed by atoms with E-state index in [2.05, 4.69) is 33.4 Å². The molecule has 4 amide bonds. The number of aryl methyl sites for hydroxylation is 4. The van der Waals surface area contributed by atoms with Gasteiger partial charge in [-0.15, -0.1) is 0 Å². The number of fused-ring (bicyclic) bond motifs is 6. The van der Waals surface area contributed by atoms with Crippen LogP contribution in [-0.2, 0) is 20.2 Å². The van der Waals surface area contributed by atoms with Gasteiger partial charge in [0.05, 0.1) is 55.7 Å². The zero-order chi connectivity index (χ0) is 72.9. The number of amides is 4. The molecule has 1 unspecified atom stereocenters. The van der Waals surface area contributed by atoms with Crippen molar-refractivity contribution < 1.29 is 54.3 Å². The Morgan fingerprint density at radius 1 is 0.471 bits per heavy atom. The minimum Gasteiger partial charge on any atom is -0.744 e. The SMILES string of the molecule is CCN(CCCCCCN(CC)c1ccc2c(-c3ccccc3S(=O)(=O)O)c3ccc(N(CCN4C(=O)c5ccccc5C4=O)c4c(C)cccc4C)cc3[o+]c2c1)c1ccc2c(c1)OC1C=C(N(CCN3C(=O)c4ccccc4C3=O)c3c(C)cccc3C)C=CC1=C2c1ccccc1S(=O)(=O)[O-]. The van der Waals surface area contributed by atoms with Gasteiger partial charge in [-0.05, 0) is 162 Å². The molecule has 0 saturated heterocycles. The Balaban J connectivity index is 0.708. The lowest BCUT2D eigenvalue weighted by Gasteiger charge is -2.36.